The van der Waals surface area contributed by atoms with Gasteiger partial charge >= 0.3 is 0 Å². The fraction of sp³-hybridized carbons (Fsp3) is 0.818. The summed E-state index contributed by atoms with van der Waals surface area (Å²) in [5.74, 6) is 0.371. The number of rotatable bonds is 10. The predicted octanol–water partition coefficient (Wildman–Crippen LogP) is 2.97. The third kappa shape index (κ3) is 8.24. The van der Waals surface area contributed by atoms with Gasteiger partial charge in [-0.25, -0.2) is 0 Å². The van der Waals surface area contributed by atoms with Crippen molar-refractivity contribution in [3.8, 4) is 0 Å². The Morgan fingerprint density at radius 2 is 1.36 bits per heavy atom. The second-order valence-electron chi connectivity index (χ2n) is 3.53. The van der Waals surface area contributed by atoms with E-state index >= 15 is 0 Å². The Hall–Kier alpha value is -0.370. The maximum Gasteiger partial charge on any atom is 0.130 e. The molecule has 0 spiro atoms. The molecule has 0 saturated heterocycles. The van der Waals surface area contributed by atoms with E-state index in [0.29, 0.717) is 6.42 Å². The fourth-order valence-electron chi connectivity index (χ4n) is 1.35. The van der Waals surface area contributed by atoms with Crippen LogP contribution < -0.4 is 0 Å². The molecule has 0 heterocycles. The van der Waals surface area contributed by atoms with Crippen molar-refractivity contribution in [3.05, 3.63) is 0 Å². The Labute approximate surface area is 91.0 Å². The Kier molecular flexibility index (Phi) is 10.4. The fourth-order valence-corrected chi connectivity index (χ4v) is 1.54. The highest BCUT2D eigenvalue weighted by atomic mass is 35.5. The van der Waals surface area contributed by atoms with Crippen molar-refractivity contribution >= 4 is 24.2 Å². The van der Waals surface area contributed by atoms with Crippen LogP contribution in [0.3, 0.4) is 0 Å². The van der Waals surface area contributed by atoms with Crippen molar-refractivity contribution in [1.29, 1.82) is 0 Å². The zero-order valence-electron chi connectivity index (χ0n) is 8.58. The molecule has 0 aliphatic carbocycles. The molecule has 14 heavy (non-hydrogen) atoms. The minimum Gasteiger partial charge on any atom is -0.303 e. The minimum atomic E-state index is -0.377. The molecule has 0 saturated carbocycles. The van der Waals surface area contributed by atoms with E-state index in [4.69, 9.17) is 11.6 Å². The van der Waals surface area contributed by atoms with E-state index in [1.165, 1.54) is 19.3 Å². The smallest absolute Gasteiger partial charge is 0.130 e. The molecule has 3 heteroatoms. The lowest BCUT2D eigenvalue weighted by Crippen LogP contribution is -2.02. The van der Waals surface area contributed by atoms with E-state index < -0.39 is 0 Å². The minimum absolute atomic E-state index is 0.377. The Morgan fingerprint density at radius 3 is 1.86 bits per heavy atom. The highest BCUT2D eigenvalue weighted by molar-refractivity contribution is 6.17. The summed E-state index contributed by atoms with van der Waals surface area (Å²) in [4.78, 5) is 20.6. The summed E-state index contributed by atoms with van der Waals surface area (Å²) in [6, 6.07) is 0. The summed E-state index contributed by atoms with van der Waals surface area (Å²) in [7, 11) is 0. The zero-order valence-corrected chi connectivity index (χ0v) is 9.34. The number of hydrogen-bond acceptors (Lipinski definition) is 2. The molecule has 0 N–H and O–H groups in total. The van der Waals surface area contributed by atoms with E-state index in [1.807, 2.05) is 0 Å². The summed E-state index contributed by atoms with van der Waals surface area (Å²) in [5.41, 5.74) is 0. The largest absolute Gasteiger partial charge is 0.303 e. The van der Waals surface area contributed by atoms with Gasteiger partial charge in [0.2, 0.25) is 0 Å². The van der Waals surface area contributed by atoms with Crippen molar-refractivity contribution in [2.24, 2.45) is 5.92 Å². The van der Waals surface area contributed by atoms with Crippen LogP contribution in [0.1, 0.15) is 44.9 Å². The summed E-state index contributed by atoms with van der Waals surface area (Å²) in [5, 5.41) is 0. The lowest BCUT2D eigenvalue weighted by molar-refractivity contribution is -0.119. The van der Waals surface area contributed by atoms with Crippen LogP contribution in [-0.4, -0.2) is 18.5 Å². The standard InChI is InChI=1S/C11H19ClO2/c12-8-6-4-2-1-3-5-7-11(9-13)10-14/h9-11H,1-8H2. The first-order chi connectivity index (χ1) is 6.85. The maximum absolute atomic E-state index is 10.3. The van der Waals surface area contributed by atoms with E-state index in [-0.39, 0.29) is 5.92 Å². The van der Waals surface area contributed by atoms with Gasteiger partial charge in [-0.2, -0.15) is 0 Å². The molecule has 0 rings (SSSR count). The molecule has 0 aliphatic rings. The molecule has 0 aliphatic heterocycles. The van der Waals surface area contributed by atoms with Gasteiger partial charge in [-0.3, -0.25) is 0 Å². The third-order valence-electron chi connectivity index (χ3n) is 2.27. The molecule has 0 aromatic heterocycles. The number of carbonyl (C=O) groups is 2. The first kappa shape index (κ1) is 13.6. The highest BCUT2D eigenvalue weighted by Crippen LogP contribution is 2.10. The third-order valence-corrected chi connectivity index (χ3v) is 2.54. The Morgan fingerprint density at radius 1 is 0.857 bits per heavy atom. The highest BCUT2D eigenvalue weighted by Gasteiger charge is 2.03. The molecule has 0 amide bonds. The molecule has 0 fully saturated rings. The van der Waals surface area contributed by atoms with E-state index in [1.54, 1.807) is 0 Å². The number of carbonyl (C=O) groups excluding carboxylic acids is 2. The number of unbranched alkanes of at least 4 members (excludes halogenated alkanes) is 5. The quantitative estimate of drug-likeness (QED) is 0.245. The SMILES string of the molecule is O=CC(C=O)CCCCCCCCCl. The Bertz CT molecular complexity index is 140. The van der Waals surface area contributed by atoms with Crippen LogP contribution in [0.2, 0.25) is 0 Å². The molecule has 0 aromatic rings. The zero-order chi connectivity index (χ0) is 10.6. The summed E-state index contributed by atoms with van der Waals surface area (Å²) >= 11 is 5.54. The van der Waals surface area contributed by atoms with Crippen LogP contribution in [0.15, 0.2) is 0 Å². The van der Waals surface area contributed by atoms with Gasteiger partial charge in [-0.15, -0.1) is 11.6 Å². The normalized spacial score (nSPS) is 10.4. The van der Waals surface area contributed by atoms with Gasteiger partial charge in [0.15, 0.2) is 0 Å². The van der Waals surface area contributed by atoms with Crippen LogP contribution in [0.25, 0.3) is 0 Å². The van der Waals surface area contributed by atoms with Crippen molar-refractivity contribution < 1.29 is 9.59 Å². The van der Waals surface area contributed by atoms with Crippen LogP contribution in [-0.2, 0) is 9.59 Å². The average molecular weight is 219 g/mol. The Balaban J connectivity index is 3.12. The summed E-state index contributed by atoms with van der Waals surface area (Å²) < 4.78 is 0. The first-order valence-electron chi connectivity index (χ1n) is 5.31. The van der Waals surface area contributed by atoms with Crippen LogP contribution >= 0.6 is 11.6 Å². The van der Waals surface area contributed by atoms with Gasteiger partial charge in [-0.1, -0.05) is 32.1 Å². The number of hydrogen-bond donors (Lipinski definition) is 0. The average Bonchev–Trinajstić information content (AvgIpc) is 2.22. The van der Waals surface area contributed by atoms with Crippen molar-refractivity contribution in [2.75, 3.05) is 5.88 Å². The molecular formula is C11H19ClO2. The first-order valence-corrected chi connectivity index (χ1v) is 5.85. The topological polar surface area (TPSA) is 34.1 Å². The van der Waals surface area contributed by atoms with Crippen LogP contribution in [0.4, 0.5) is 0 Å². The molecule has 0 unspecified atom stereocenters. The lowest BCUT2D eigenvalue weighted by atomic mass is 10.0. The predicted molar refractivity (Wildman–Crippen MR) is 58.7 cm³/mol. The summed E-state index contributed by atoms with van der Waals surface area (Å²) in [6.07, 6.45) is 8.94. The molecule has 82 valence electrons. The molecular weight excluding hydrogens is 200 g/mol. The van der Waals surface area contributed by atoms with Crippen molar-refractivity contribution in [3.63, 3.8) is 0 Å². The lowest BCUT2D eigenvalue weighted by Gasteiger charge is -2.02. The van der Waals surface area contributed by atoms with Crippen molar-refractivity contribution in [2.45, 2.75) is 44.9 Å². The van der Waals surface area contributed by atoms with Crippen LogP contribution in [0, 0.1) is 5.92 Å². The second-order valence-corrected chi connectivity index (χ2v) is 3.91. The summed E-state index contributed by atoms with van der Waals surface area (Å²) in [6.45, 7) is 0. The maximum atomic E-state index is 10.3. The number of halogens is 1. The number of aldehydes is 2. The van der Waals surface area contributed by atoms with E-state index in [0.717, 1.165) is 37.7 Å². The molecule has 0 atom stereocenters. The van der Waals surface area contributed by atoms with Crippen LogP contribution in [0.5, 0.6) is 0 Å². The van der Waals surface area contributed by atoms with Gasteiger partial charge in [0.25, 0.3) is 0 Å². The molecule has 0 radical (unpaired) electrons. The van der Waals surface area contributed by atoms with Gasteiger partial charge in [0.05, 0.1) is 5.92 Å². The molecule has 2 nitrogen and oxygen atoms in total. The monoisotopic (exact) mass is 218 g/mol. The molecule has 0 bridgehead atoms. The van der Waals surface area contributed by atoms with Gasteiger partial charge < -0.3 is 9.59 Å². The van der Waals surface area contributed by atoms with Gasteiger partial charge in [0, 0.05) is 5.88 Å². The van der Waals surface area contributed by atoms with Gasteiger partial charge in [-0.05, 0) is 12.8 Å². The number of alkyl halides is 1. The van der Waals surface area contributed by atoms with E-state index in [9.17, 15) is 9.59 Å². The van der Waals surface area contributed by atoms with Gasteiger partial charge in [0.1, 0.15) is 12.6 Å². The second kappa shape index (κ2) is 10.7. The molecule has 0 aromatic carbocycles. The van der Waals surface area contributed by atoms with E-state index in [2.05, 4.69) is 0 Å². The van der Waals surface area contributed by atoms with Crippen molar-refractivity contribution in [1.82, 2.24) is 0 Å².